The molecule has 146 valence electrons. The lowest BCUT2D eigenvalue weighted by Crippen LogP contribution is -2.10. The van der Waals surface area contributed by atoms with Gasteiger partial charge < -0.3 is 4.74 Å². The van der Waals surface area contributed by atoms with Crippen LogP contribution in [0.1, 0.15) is 27.6 Å². The predicted molar refractivity (Wildman–Crippen MR) is 110 cm³/mol. The van der Waals surface area contributed by atoms with Crippen LogP contribution in [0.5, 0.6) is 5.75 Å². The Hall–Kier alpha value is -3.16. The summed E-state index contributed by atoms with van der Waals surface area (Å²) in [6.07, 6.45) is 0. The first-order valence-electron chi connectivity index (χ1n) is 8.40. The molecule has 0 aliphatic carbocycles. The summed E-state index contributed by atoms with van der Waals surface area (Å²) in [5.74, 6) is -0.437. The number of halogens is 1. The van der Waals surface area contributed by atoms with E-state index in [0.29, 0.717) is 10.5 Å². The smallest absolute Gasteiger partial charge is 0.344 e. The summed E-state index contributed by atoms with van der Waals surface area (Å²) in [5, 5.41) is 11.5. The van der Waals surface area contributed by atoms with Crippen LogP contribution in [0.25, 0.3) is 0 Å². The molecule has 8 heteroatoms. The molecule has 0 amide bonds. The van der Waals surface area contributed by atoms with Crippen molar-refractivity contribution in [3.05, 3.63) is 93.0 Å². The Bertz CT molecular complexity index is 1100. The van der Waals surface area contributed by atoms with Gasteiger partial charge in [0.2, 0.25) is 0 Å². The quantitative estimate of drug-likeness (QED) is 0.162. The number of ketones is 1. The van der Waals surface area contributed by atoms with Gasteiger partial charge >= 0.3 is 5.97 Å². The van der Waals surface area contributed by atoms with E-state index in [1.54, 1.807) is 42.5 Å². The van der Waals surface area contributed by atoms with Crippen molar-refractivity contribution in [1.29, 1.82) is 0 Å². The molecule has 0 N–H and O–H groups in total. The normalized spacial score (nSPS) is 10.4. The number of carbonyl (C=O) groups is 2. The van der Waals surface area contributed by atoms with Gasteiger partial charge in [-0.3, -0.25) is 14.9 Å². The summed E-state index contributed by atoms with van der Waals surface area (Å²) in [6, 6.07) is 17.2. The summed E-state index contributed by atoms with van der Waals surface area (Å²) < 4.78 is 5.39. The number of nitro benzene ring substituents is 1. The minimum atomic E-state index is -0.626. The van der Waals surface area contributed by atoms with Crippen molar-refractivity contribution in [3.8, 4) is 5.75 Å². The van der Waals surface area contributed by atoms with Gasteiger partial charge in [-0.15, -0.1) is 0 Å². The van der Waals surface area contributed by atoms with Gasteiger partial charge in [0.25, 0.3) is 5.69 Å². The molecule has 0 aromatic heterocycles. The summed E-state index contributed by atoms with van der Waals surface area (Å²) in [6.45, 7) is 1.45. The van der Waals surface area contributed by atoms with Crippen molar-refractivity contribution >= 4 is 40.8 Å². The Balaban J connectivity index is 1.89. The summed E-state index contributed by atoms with van der Waals surface area (Å²) in [4.78, 5) is 35.5. The van der Waals surface area contributed by atoms with Crippen LogP contribution in [0.3, 0.4) is 0 Å². The largest absolute Gasteiger partial charge is 0.423 e. The number of hydrogen-bond donors (Lipinski definition) is 0. The fourth-order valence-corrected chi connectivity index (χ4v) is 3.82. The molecule has 6 nitrogen and oxygen atoms in total. The maximum atomic E-state index is 12.7. The minimum Gasteiger partial charge on any atom is -0.423 e. The van der Waals surface area contributed by atoms with Crippen LogP contribution in [0, 0.1) is 10.1 Å². The maximum Gasteiger partial charge on any atom is 0.344 e. The number of esters is 1. The molecule has 0 fully saturated rings. The SMILES string of the molecule is CC(=O)c1ccc(OC(=O)c2ccccc2Sc2c(Cl)cccc2[N+](=O)[O-])cc1. The lowest BCUT2D eigenvalue weighted by molar-refractivity contribution is -0.387. The molecule has 0 heterocycles. The standard InChI is InChI=1S/C21H14ClNO5S/c1-13(24)14-9-11-15(12-10-14)28-21(25)16-5-2-3-8-19(16)29-20-17(22)6-4-7-18(20)23(26)27/h2-12H,1H3. The minimum absolute atomic E-state index is 0.0917. The van der Waals surface area contributed by atoms with Crippen molar-refractivity contribution in [2.45, 2.75) is 16.7 Å². The fraction of sp³-hybridized carbons (Fsp3) is 0.0476. The maximum absolute atomic E-state index is 12.7. The average molecular weight is 428 g/mol. The summed E-state index contributed by atoms with van der Waals surface area (Å²) >= 11 is 7.18. The molecule has 0 aliphatic rings. The van der Waals surface area contributed by atoms with Crippen LogP contribution >= 0.6 is 23.4 Å². The second-order valence-electron chi connectivity index (χ2n) is 5.91. The van der Waals surface area contributed by atoms with Crippen molar-refractivity contribution in [2.24, 2.45) is 0 Å². The second kappa shape index (κ2) is 8.89. The van der Waals surface area contributed by atoms with Gasteiger partial charge in [-0.2, -0.15) is 0 Å². The van der Waals surface area contributed by atoms with E-state index in [0.717, 1.165) is 11.8 Å². The molecule has 3 aromatic carbocycles. The molecule has 0 aliphatic heterocycles. The topological polar surface area (TPSA) is 86.5 Å². The van der Waals surface area contributed by atoms with Gasteiger partial charge in [0, 0.05) is 16.5 Å². The molecule has 0 bridgehead atoms. The second-order valence-corrected chi connectivity index (χ2v) is 7.37. The van der Waals surface area contributed by atoms with Crippen LogP contribution in [-0.2, 0) is 0 Å². The van der Waals surface area contributed by atoms with Crippen molar-refractivity contribution in [2.75, 3.05) is 0 Å². The fourth-order valence-electron chi connectivity index (χ4n) is 2.50. The van der Waals surface area contributed by atoms with Crippen molar-refractivity contribution < 1.29 is 19.2 Å². The van der Waals surface area contributed by atoms with E-state index in [4.69, 9.17) is 16.3 Å². The molecule has 29 heavy (non-hydrogen) atoms. The lowest BCUT2D eigenvalue weighted by Gasteiger charge is -2.10. The number of nitro groups is 1. The van der Waals surface area contributed by atoms with Gasteiger partial charge in [-0.1, -0.05) is 41.6 Å². The number of ether oxygens (including phenoxy) is 1. The number of rotatable bonds is 6. The Morgan fingerprint density at radius 3 is 2.34 bits per heavy atom. The van der Waals surface area contributed by atoms with E-state index in [1.165, 1.54) is 31.2 Å². The number of nitrogens with zero attached hydrogens (tertiary/aromatic N) is 1. The molecule has 0 atom stereocenters. The molecular weight excluding hydrogens is 414 g/mol. The van der Waals surface area contributed by atoms with Crippen LogP contribution in [-0.4, -0.2) is 16.7 Å². The van der Waals surface area contributed by atoms with Crippen LogP contribution in [0.15, 0.2) is 76.5 Å². The first kappa shape index (κ1) is 20.6. The molecule has 3 aromatic rings. The zero-order valence-electron chi connectivity index (χ0n) is 15.1. The third-order valence-electron chi connectivity index (χ3n) is 3.93. The highest BCUT2D eigenvalue weighted by atomic mass is 35.5. The highest BCUT2D eigenvalue weighted by molar-refractivity contribution is 7.99. The van der Waals surface area contributed by atoms with E-state index >= 15 is 0 Å². The predicted octanol–water partition coefficient (Wildman–Crippen LogP) is 5.82. The van der Waals surface area contributed by atoms with Gasteiger partial charge in [-0.25, -0.2) is 4.79 Å². The third-order valence-corrected chi connectivity index (χ3v) is 5.57. The first-order valence-corrected chi connectivity index (χ1v) is 9.59. The first-order chi connectivity index (χ1) is 13.9. The van der Waals surface area contributed by atoms with Crippen LogP contribution in [0.4, 0.5) is 5.69 Å². The Morgan fingerprint density at radius 2 is 1.69 bits per heavy atom. The van der Waals surface area contributed by atoms with Crippen LogP contribution in [0.2, 0.25) is 5.02 Å². The van der Waals surface area contributed by atoms with Crippen molar-refractivity contribution in [3.63, 3.8) is 0 Å². The highest BCUT2D eigenvalue weighted by Gasteiger charge is 2.21. The molecule has 0 radical (unpaired) electrons. The number of benzene rings is 3. The average Bonchev–Trinajstić information content (AvgIpc) is 2.70. The summed E-state index contributed by atoms with van der Waals surface area (Å²) in [5.41, 5.74) is 0.597. The Morgan fingerprint density at radius 1 is 1.00 bits per heavy atom. The van der Waals surface area contributed by atoms with E-state index in [1.807, 2.05) is 0 Å². The zero-order valence-corrected chi connectivity index (χ0v) is 16.7. The van der Waals surface area contributed by atoms with E-state index in [2.05, 4.69) is 0 Å². The monoisotopic (exact) mass is 427 g/mol. The molecular formula is C21H14ClNO5S. The van der Waals surface area contributed by atoms with Gasteiger partial charge in [-0.05, 0) is 49.4 Å². The highest BCUT2D eigenvalue weighted by Crippen LogP contribution is 2.41. The van der Waals surface area contributed by atoms with Gasteiger partial charge in [0.1, 0.15) is 10.6 Å². The van der Waals surface area contributed by atoms with Crippen molar-refractivity contribution in [1.82, 2.24) is 0 Å². The molecule has 0 saturated carbocycles. The summed E-state index contributed by atoms with van der Waals surface area (Å²) in [7, 11) is 0. The van der Waals surface area contributed by atoms with E-state index in [9.17, 15) is 19.7 Å². The molecule has 0 spiro atoms. The van der Waals surface area contributed by atoms with E-state index in [-0.39, 0.29) is 32.7 Å². The van der Waals surface area contributed by atoms with E-state index < -0.39 is 10.9 Å². The molecule has 0 unspecified atom stereocenters. The molecule has 0 saturated heterocycles. The van der Waals surface area contributed by atoms with Crippen LogP contribution < -0.4 is 4.74 Å². The number of carbonyl (C=O) groups excluding carboxylic acids is 2. The Kier molecular flexibility index (Phi) is 6.31. The number of Topliss-reactive ketones (excluding diaryl/α,β-unsaturated/α-hetero) is 1. The zero-order chi connectivity index (χ0) is 21.0. The number of hydrogen-bond acceptors (Lipinski definition) is 6. The van der Waals surface area contributed by atoms with Gasteiger partial charge in [0.15, 0.2) is 5.78 Å². The third kappa shape index (κ3) is 4.82. The lowest BCUT2D eigenvalue weighted by atomic mass is 10.1. The Labute approximate surface area is 175 Å². The van der Waals surface area contributed by atoms with Gasteiger partial charge in [0.05, 0.1) is 15.5 Å². The molecule has 3 rings (SSSR count).